The van der Waals surface area contributed by atoms with E-state index in [9.17, 15) is 33.6 Å². The Balaban J connectivity index is 3.77. The third kappa shape index (κ3) is 6.89. The van der Waals surface area contributed by atoms with Crippen molar-refractivity contribution in [3.8, 4) is 0 Å². The molecule has 0 spiro atoms. The van der Waals surface area contributed by atoms with Crippen LogP contribution in [0, 0.1) is 0 Å². The zero-order chi connectivity index (χ0) is 24.7. The maximum absolute atomic E-state index is 12.6. The predicted molar refractivity (Wildman–Crippen MR) is 104 cm³/mol. The van der Waals surface area contributed by atoms with E-state index >= 15 is 0 Å². The van der Waals surface area contributed by atoms with Crippen LogP contribution in [0.2, 0.25) is 0 Å². The Morgan fingerprint density at radius 1 is 0.781 bits per heavy atom. The van der Waals surface area contributed by atoms with Crippen molar-refractivity contribution in [3.63, 3.8) is 0 Å². The molecule has 1 heterocycles. The number of carbonyl (C=O) groups excluding carboxylic acids is 6. The van der Waals surface area contributed by atoms with E-state index in [1.165, 1.54) is 0 Å². The Morgan fingerprint density at radius 3 is 1.72 bits per heavy atom. The summed E-state index contributed by atoms with van der Waals surface area (Å²) in [7, 11) is 0. The standard InChI is InChI=1S/C19H24N2O11/c1-9(22)20-7-15(21(10(2)23)19(20)28)17(31-13(5)26)18(32-14(6)27)16(30-12(4)25)8-29-11(3)24/h7,16-18H,8H2,1-6H3/t16-,17+,18-/m0/s1. The molecule has 0 aliphatic heterocycles. The van der Waals surface area contributed by atoms with Gasteiger partial charge in [0.1, 0.15) is 6.61 Å². The number of esters is 4. The van der Waals surface area contributed by atoms with Crippen molar-refractivity contribution in [2.75, 3.05) is 6.61 Å². The molecule has 0 fully saturated rings. The molecule has 0 amide bonds. The van der Waals surface area contributed by atoms with E-state index in [1.807, 2.05) is 0 Å². The molecule has 0 unspecified atom stereocenters. The highest BCUT2D eigenvalue weighted by atomic mass is 16.6. The Hall–Kier alpha value is -3.77. The van der Waals surface area contributed by atoms with E-state index in [0.717, 1.165) is 47.7 Å². The van der Waals surface area contributed by atoms with E-state index in [-0.39, 0.29) is 5.69 Å². The Morgan fingerprint density at radius 2 is 1.31 bits per heavy atom. The van der Waals surface area contributed by atoms with Gasteiger partial charge in [0.25, 0.3) is 0 Å². The highest BCUT2D eigenvalue weighted by Crippen LogP contribution is 2.28. The smallest absolute Gasteiger partial charge is 0.342 e. The van der Waals surface area contributed by atoms with Gasteiger partial charge in [0.05, 0.1) is 5.69 Å². The largest absolute Gasteiger partial charge is 0.462 e. The average molecular weight is 456 g/mol. The minimum atomic E-state index is -1.70. The maximum atomic E-state index is 12.6. The highest BCUT2D eigenvalue weighted by molar-refractivity contribution is 5.80. The highest BCUT2D eigenvalue weighted by Gasteiger charge is 2.42. The molecule has 0 bridgehead atoms. The lowest BCUT2D eigenvalue weighted by molar-refractivity contribution is -0.190. The zero-order valence-corrected chi connectivity index (χ0v) is 18.4. The molecule has 0 aromatic carbocycles. The zero-order valence-electron chi connectivity index (χ0n) is 18.4. The molecule has 1 rings (SSSR count). The maximum Gasteiger partial charge on any atom is 0.342 e. The van der Waals surface area contributed by atoms with Crippen LogP contribution in [0.25, 0.3) is 0 Å². The van der Waals surface area contributed by atoms with Gasteiger partial charge in [0.2, 0.25) is 11.8 Å². The molecule has 13 heteroatoms. The summed E-state index contributed by atoms with van der Waals surface area (Å²) in [5.41, 5.74) is -1.39. The van der Waals surface area contributed by atoms with Gasteiger partial charge in [-0.3, -0.25) is 28.8 Å². The van der Waals surface area contributed by atoms with Crippen LogP contribution in [-0.2, 0) is 38.1 Å². The van der Waals surface area contributed by atoms with Gasteiger partial charge in [-0.1, -0.05) is 0 Å². The van der Waals surface area contributed by atoms with Crippen molar-refractivity contribution < 1.29 is 47.7 Å². The summed E-state index contributed by atoms with van der Waals surface area (Å²) in [5, 5.41) is 0. The average Bonchev–Trinajstić information content (AvgIpc) is 2.98. The van der Waals surface area contributed by atoms with Gasteiger partial charge < -0.3 is 18.9 Å². The van der Waals surface area contributed by atoms with E-state index in [2.05, 4.69) is 0 Å². The van der Waals surface area contributed by atoms with Crippen LogP contribution in [0.3, 0.4) is 0 Å². The summed E-state index contributed by atoms with van der Waals surface area (Å²) in [6.07, 6.45) is -3.92. The summed E-state index contributed by atoms with van der Waals surface area (Å²) < 4.78 is 21.5. The number of hydrogen-bond acceptors (Lipinski definition) is 11. The summed E-state index contributed by atoms with van der Waals surface area (Å²) in [5.74, 6) is -5.03. The normalized spacial score (nSPS) is 13.3. The van der Waals surface area contributed by atoms with Crippen LogP contribution in [-0.4, -0.2) is 63.6 Å². The van der Waals surface area contributed by atoms with Crippen LogP contribution < -0.4 is 5.69 Å². The molecule has 1 aromatic rings. The van der Waals surface area contributed by atoms with Gasteiger partial charge in [-0.2, -0.15) is 0 Å². The molecule has 1 aromatic heterocycles. The van der Waals surface area contributed by atoms with E-state index in [1.54, 1.807) is 0 Å². The first-order valence-electron chi connectivity index (χ1n) is 9.27. The number of carbonyl (C=O) groups is 6. The van der Waals surface area contributed by atoms with E-state index in [4.69, 9.17) is 18.9 Å². The Kier molecular flexibility index (Phi) is 9.05. The van der Waals surface area contributed by atoms with Crippen LogP contribution in [0.5, 0.6) is 0 Å². The monoisotopic (exact) mass is 456 g/mol. The number of imidazole rings is 1. The second kappa shape index (κ2) is 11.0. The number of hydrogen-bond donors (Lipinski definition) is 0. The SMILES string of the molecule is CC(=O)OC[C@H](OC(C)=O)[C@H](OC(C)=O)[C@H](OC(C)=O)c1cn(C(C)=O)c(=O)n1C(C)=O. The van der Waals surface area contributed by atoms with Crippen molar-refractivity contribution in [3.05, 3.63) is 22.4 Å². The fourth-order valence-electron chi connectivity index (χ4n) is 2.81. The van der Waals surface area contributed by atoms with Gasteiger partial charge in [-0.25, -0.2) is 13.9 Å². The van der Waals surface area contributed by atoms with Crippen molar-refractivity contribution >= 4 is 35.7 Å². The second-order valence-electron chi connectivity index (χ2n) is 6.63. The minimum Gasteiger partial charge on any atom is -0.462 e. The lowest BCUT2D eigenvalue weighted by atomic mass is 10.0. The van der Waals surface area contributed by atoms with E-state index in [0.29, 0.717) is 9.13 Å². The van der Waals surface area contributed by atoms with Crippen LogP contribution >= 0.6 is 0 Å². The van der Waals surface area contributed by atoms with Crippen LogP contribution in [0.4, 0.5) is 0 Å². The molecule has 13 nitrogen and oxygen atoms in total. The number of nitrogens with zero attached hydrogens (tertiary/aromatic N) is 2. The lowest BCUT2D eigenvalue weighted by Crippen LogP contribution is -2.44. The first kappa shape index (κ1) is 26.3. The van der Waals surface area contributed by atoms with Gasteiger partial charge in [-0.05, 0) is 0 Å². The number of rotatable bonds is 8. The van der Waals surface area contributed by atoms with Crippen LogP contribution in [0.1, 0.15) is 62.9 Å². The quantitative estimate of drug-likeness (QED) is 0.381. The first-order chi connectivity index (χ1) is 14.8. The molecule has 0 aliphatic rings. The topological polar surface area (TPSA) is 166 Å². The van der Waals surface area contributed by atoms with Crippen molar-refractivity contribution in [2.24, 2.45) is 0 Å². The summed E-state index contributed by atoms with van der Waals surface area (Å²) in [4.78, 5) is 83.1. The molecule has 0 radical (unpaired) electrons. The third-order valence-corrected chi connectivity index (χ3v) is 3.89. The van der Waals surface area contributed by atoms with Gasteiger partial charge in [-0.15, -0.1) is 0 Å². The fraction of sp³-hybridized carbons (Fsp3) is 0.526. The molecule has 32 heavy (non-hydrogen) atoms. The summed E-state index contributed by atoms with van der Waals surface area (Å²) in [6.45, 7) is 5.59. The first-order valence-corrected chi connectivity index (χ1v) is 9.27. The number of ether oxygens (including phenoxy) is 4. The fourth-order valence-corrected chi connectivity index (χ4v) is 2.81. The van der Waals surface area contributed by atoms with Crippen molar-refractivity contribution in [1.82, 2.24) is 9.13 Å². The van der Waals surface area contributed by atoms with E-state index < -0.39 is 66.3 Å². The molecular weight excluding hydrogens is 432 g/mol. The van der Waals surface area contributed by atoms with Crippen molar-refractivity contribution in [2.45, 2.75) is 59.9 Å². The van der Waals surface area contributed by atoms with Crippen molar-refractivity contribution in [1.29, 1.82) is 0 Å². The molecule has 0 saturated carbocycles. The van der Waals surface area contributed by atoms with Gasteiger partial charge in [0.15, 0.2) is 18.3 Å². The predicted octanol–water partition coefficient (Wildman–Crippen LogP) is 0.000700. The van der Waals surface area contributed by atoms with Gasteiger partial charge >= 0.3 is 29.6 Å². The lowest BCUT2D eigenvalue weighted by Gasteiger charge is -2.31. The summed E-state index contributed by atoms with van der Waals surface area (Å²) in [6, 6.07) is 0. The molecular formula is C19H24N2O11. The summed E-state index contributed by atoms with van der Waals surface area (Å²) >= 11 is 0. The third-order valence-electron chi connectivity index (χ3n) is 3.89. The Labute approximate surface area is 182 Å². The molecule has 0 N–H and O–H groups in total. The van der Waals surface area contributed by atoms with Gasteiger partial charge in [0, 0.05) is 47.7 Å². The molecule has 0 saturated heterocycles. The number of aromatic nitrogens is 2. The minimum absolute atomic E-state index is 0.334. The van der Waals surface area contributed by atoms with Crippen LogP contribution in [0.15, 0.2) is 11.0 Å². The molecule has 3 atom stereocenters. The molecule has 0 aliphatic carbocycles. The second-order valence-corrected chi connectivity index (χ2v) is 6.63. The molecule has 176 valence electrons. The Bertz CT molecular complexity index is 988.